The zero-order valence-corrected chi connectivity index (χ0v) is 9.57. The predicted octanol–water partition coefficient (Wildman–Crippen LogP) is -0.682. The van der Waals surface area contributed by atoms with E-state index in [2.05, 4.69) is 4.99 Å². The summed E-state index contributed by atoms with van der Waals surface area (Å²) in [5.74, 6) is -2.45. The highest BCUT2D eigenvalue weighted by atomic mass is 16.6. The minimum atomic E-state index is -1.99. The van der Waals surface area contributed by atoms with Gasteiger partial charge in [-0.2, -0.15) is 0 Å². The number of allylic oxidation sites excluding steroid dienone is 4. The van der Waals surface area contributed by atoms with Crippen molar-refractivity contribution in [2.75, 3.05) is 0 Å². The molecule has 0 saturated carbocycles. The van der Waals surface area contributed by atoms with Crippen LogP contribution in [0.1, 0.15) is 6.42 Å². The molecule has 2 aliphatic heterocycles. The first-order valence-electron chi connectivity index (χ1n) is 5.57. The fourth-order valence-corrected chi connectivity index (χ4v) is 1.89. The molecule has 0 spiro atoms. The molecule has 3 aliphatic rings. The molecular formula is C12H9NO6. The zero-order chi connectivity index (χ0) is 13.6. The highest BCUT2D eigenvalue weighted by Crippen LogP contribution is 2.32. The van der Waals surface area contributed by atoms with E-state index >= 15 is 0 Å². The molecule has 0 radical (unpaired) electrons. The van der Waals surface area contributed by atoms with Gasteiger partial charge in [0.25, 0.3) is 5.88 Å². The summed E-state index contributed by atoms with van der Waals surface area (Å²) in [5, 5.41) is 18.8. The number of aliphatic hydroxyl groups is 2. The van der Waals surface area contributed by atoms with Crippen molar-refractivity contribution in [2.45, 2.75) is 18.6 Å². The Morgan fingerprint density at radius 3 is 2.58 bits per heavy atom. The molecule has 0 fully saturated rings. The van der Waals surface area contributed by atoms with Crippen LogP contribution in [0.2, 0.25) is 0 Å². The highest BCUT2D eigenvalue weighted by Gasteiger charge is 2.40. The van der Waals surface area contributed by atoms with Crippen molar-refractivity contribution in [2.24, 2.45) is 4.99 Å². The summed E-state index contributed by atoms with van der Waals surface area (Å²) in [7, 11) is 0. The lowest BCUT2D eigenvalue weighted by Gasteiger charge is -2.19. The van der Waals surface area contributed by atoms with E-state index in [0.717, 1.165) is 0 Å². The Balaban J connectivity index is 2.04. The summed E-state index contributed by atoms with van der Waals surface area (Å²) in [6.07, 6.45) is 1.80. The van der Waals surface area contributed by atoms with Crippen LogP contribution in [0.3, 0.4) is 0 Å². The SMILES string of the molecule is O=C1OC2=C(OC(=O)C(O)C1O)C1=CC=CCC1=N2. The molecule has 98 valence electrons. The first-order valence-corrected chi connectivity index (χ1v) is 5.57. The minimum Gasteiger partial charge on any atom is -0.418 e. The van der Waals surface area contributed by atoms with Crippen molar-refractivity contribution in [1.29, 1.82) is 0 Å². The van der Waals surface area contributed by atoms with Gasteiger partial charge in [-0.25, -0.2) is 14.6 Å². The number of hydrogen-bond donors (Lipinski definition) is 2. The van der Waals surface area contributed by atoms with Gasteiger partial charge in [-0.3, -0.25) is 0 Å². The molecule has 2 atom stereocenters. The maximum Gasteiger partial charge on any atom is 0.345 e. The molecule has 2 N–H and O–H groups in total. The number of aliphatic imine (C=N–C) groups is 1. The Morgan fingerprint density at radius 1 is 1.16 bits per heavy atom. The number of esters is 2. The summed E-state index contributed by atoms with van der Waals surface area (Å²) in [4.78, 5) is 27.1. The molecule has 0 aromatic heterocycles. The third-order valence-corrected chi connectivity index (χ3v) is 2.88. The van der Waals surface area contributed by atoms with Gasteiger partial charge >= 0.3 is 11.9 Å². The van der Waals surface area contributed by atoms with E-state index in [1.807, 2.05) is 6.08 Å². The van der Waals surface area contributed by atoms with E-state index in [0.29, 0.717) is 17.7 Å². The highest BCUT2D eigenvalue weighted by molar-refractivity contribution is 6.09. The van der Waals surface area contributed by atoms with Crippen molar-refractivity contribution < 1.29 is 29.3 Å². The molecule has 0 aromatic carbocycles. The van der Waals surface area contributed by atoms with Crippen molar-refractivity contribution in [3.8, 4) is 0 Å². The fourth-order valence-electron chi connectivity index (χ4n) is 1.89. The number of aliphatic hydroxyl groups excluding tert-OH is 2. The van der Waals surface area contributed by atoms with Crippen molar-refractivity contribution in [1.82, 2.24) is 0 Å². The number of rotatable bonds is 0. The molecule has 19 heavy (non-hydrogen) atoms. The van der Waals surface area contributed by atoms with E-state index < -0.39 is 24.1 Å². The van der Waals surface area contributed by atoms with Crippen LogP contribution in [0, 0.1) is 0 Å². The second-order valence-electron chi connectivity index (χ2n) is 4.14. The Bertz CT molecular complexity index is 597. The lowest BCUT2D eigenvalue weighted by atomic mass is 10.0. The quantitative estimate of drug-likeness (QED) is 0.561. The summed E-state index contributed by atoms with van der Waals surface area (Å²) >= 11 is 0. The third-order valence-electron chi connectivity index (χ3n) is 2.88. The second-order valence-corrected chi connectivity index (χ2v) is 4.14. The fraction of sp³-hybridized carbons (Fsp3) is 0.250. The van der Waals surface area contributed by atoms with Crippen LogP contribution in [0.25, 0.3) is 0 Å². The standard InChI is InChI=1S/C12H9NO6/c14-7-8(15)12(17)19-10-9(18-11(7)16)5-3-1-2-4-6(5)13-10/h1-3,7-8,14-15H,4H2. The Morgan fingerprint density at radius 2 is 1.84 bits per heavy atom. The van der Waals surface area contributed by atoms with Gasteiger partial charge in [0, 0.05) is 12.0 Å². The van der Waals surface area contributed by atoms with Crippen LogP contribution in [0.5, 0.6) is 0 Å². The lowest BCUT2D eigenvalue weighted by Crippen LogP contribution is -2.42. The van der Waals surface area contributed by atoms with Gasteiger partial charge in [-0.05, 0) is 6.08 Å². The molecule has 7 nitrogen and oxygen atoms in total. The summed E-state index contributed by atoms with van der Waals surface area (Å²) in [6.45, 7) is 0. The molecule has 2 unspecified atom stereocenters. The third kappa shape index (κ3) is 1.79. The second kappa shape index (κ2) is 4.15. The van der Waals surface area contributed by atoms with Crippen molar-refractivity contribution in [3.63, 3.8) is 0 Å². The molecule has 2 heterocycles. The largest absolute Gasteiger partial charge is 0.418 e. The van der Waals surface area contributed by atoms with Gasteiger partial charge in [-0.15, -0.1) is 0 Å². The normalized spacial score (nSPS) is 29.6. The minimum absolute atomic E-state index is 0.0105. The summed E-state index contributed by atoms with van der Waals surface area (Å²) in [6, 6.07) is 0. The van der Waals surface area contributed by atoms with Gasteiger partial charge in [0.15, 0.2) is 12.2 Å². The Kier molecular flexibility index (Phi) is 2.58. The van der Waals surface area contributed by atoms with E-state index in [4.69, 9.17) is 9.47 Å². The Hall–Kier alpha value is -2.25. The topological polar surface area (TPSA) is 105 Å². The molecule has 0 amide bonds. The van der Waals surface area contributed by atoms with E-state index in [-0.39, 0.29) is 11.6 Å². The summed E-state index contributed by atoms with van der Waals surface area (Å²) in [5.41, 5.74) is 1.13. The van der Waals surface area contributed by atoms with Gasteiger partial charge in [0.2, 0.25) is 5.76 Å². The molecular weight excluding hydrogens is 254 g/mol. The Labute approximate surface area is 107 Å². The average molecular weight is 263 g/mol. The molecule has 0 saturated heterocycles. The molecule has 3 rings (SSSR count). The van der Waals surface area contributed by atoms with Crippen molar-refractivity contribution >= 4 is 17.7 Å². The molecule has 0 bridgehead atoms. The monoisotopic (exact) mass is 263 g/mol. The number of carbonyl (C=O) groups is 2. The van der Waals surface area contributed by atoms with Crippen LogP contribution in [0.4, 0.5) is 0 Å². The van der Waals surface area contributed by atoms with Gasteiger partial charge in [0.05, 0.1) is 5.71 Å². The van der Waals surface area contributed by atoms with Crippen LogP contribution < -0.4 is 0 Å². The van der Waals surface area contributed by atoms with Crippen molar-refractivity contribution in [3.05, 3.63) is 35.4 Å². The smallest absolute Gasteiger partial charge is 0.345 e. The van der Waals surface area contributed by atoms with E-state index in [9.17, 15) is 19.8 Å². The van der Waals surface area contributed by atoms with Gasteiger partial charge < -0.3 is 19.7 Å². The summed E-state index contributed by atoms with van der Waals surface area (Å²) < 4.78 is 9.79. The first kappa shape index (κ1) is 11.8. The van der Waals surface area contributed by atoms with Crippen LogP contribution in [-0.2, 0) is 19.1 Å². The first-order chi connectivity index (χ1) is 9.08. The van der Waals surface area contributed by atoms with E-state index in [1.165, 1.54) is 0 Å². The average Bonchev–Trinajstić information content (AvgIpc) is 2.74. The molecule has 0 aromatic rings. The number of carbonyl (C=O) groups excluding carboxylic acids is 2. The number of hydrogen-bond acceptors (Lipinski definition) is 7. The number of ether oxygens (including phenoxy) is 2. The van der Waals surface area contributed by atoms with Crippen LogP contribution in [-0.4, -0.2) is 40.1 Å². The maximum absolute atomic E-state index is 11.6. The maximum atomic E-state index is 11.6. The number of nitrogens with zero attached hydrogens (tertiary/aromatic N) is 1. The zero-order valence-electron chi connectivity index (χ0n) is 9.57. The lowest BCUT2D eigenvalue weighted by molar-refractivity contribution is -0.171. The number of fused-ring (bicyclic) bond motifs is 2. The predicted molar refractivity (Wildman–Crippen MR) is 60.5 cm³/mol. The van der Waals surface area contributed by atoms with Gasteiger partial charge in [-0.1, -0.05) is 12.2 Å². The molecule has 1 aliphatic carbocycles. The van der Waals surface area contributed by atoms with Crippen LogP contribution in [0.15, 0.2) is 40.4 Å². The van der Waals surface area contributed by atoms with Crippen LogP contribution >= 0.6 is 0 Å². The molecule has 7 heteroatoms. The van der Waals surface area contributed by atoms with Gasteiger partial charge in [0.1, 0.15) is 0 Å². The van der Waals surface area contributed by atoms with E-state index in [1.54, 1.807) is 12.2 Å².